The lowest BCUT2D eigenvalue weighted by atomic mass is 10.2. The van der Waals surface area contributed by atoms with E-state index in [9.17, 15) is 4.79 Å². The van der Waals surface area contributed by atoms with E-state index in [1.807, 2.05) is 18.2 Å². The summed E-state index contributed by atoms with van der Waals surface area (Å²) in [4.78, 5) is 17.0. The third-order valence-corrected chi connectivity index (χ3v) is 2.70. The van der Waals surface area contributed by atoms with Crippen LogP contribution in [0.3, 0.4) is 0 Å². The van der Waals surface area contributed by atoms with Crippen LogP contribution in [0.25, 0.3) is 21.8 Å². The topological polar surface area (TPSA) is 48.6 Å². The van der Waals surface area contributed by atoms with E-state index in [0.717, 1.165) is 21.8 Å². The number of hydrogen-bond acceptors (Lipinski definition) is 1. The van der Waals surface area contributed by atoms with E-state index in [-0.39, 0.29) is 5.56 Å². The quantitative estimate of drug-likeness (QED) is 0.599. The third kappa shape index (κ3) is 1.24. The van der Waals surface area contributed by atoms with Crippen LogP contribution in [0.4, 0.5) is 0 Å². The summed E-state index contributed by atoms with van der Waals surface area (Å²) in [5.41, 5.74) is 1.78. The van der Waals surface area contributed by atoms with E-state index < -0.39 is 0 Å². The van der Waals surface area contributed by atoms with Gasteiger partial charge < -0.3 is 9.97 Å². The zero-order valence-electron chi connectivity index (χ0n) is 7.67. The Morgan fingerprint density at radius 3 is 2.73 bits per heavy atom. The molecular weight excluding hydrogens is 212 g/mol. The molecule has 0 saturated carbocycles. The van der Waals surface area contributed by atoms with Crippen LogP contribution in [0.5, 0.6) is 0 Å². The van der Waals surface area contributed by atoms with Gasteiger partial charge in [-0.25, -0.2) is 0 Å². The number of H-pyrrole nitrogens is 2. The molecule has 0 bridgehead atoms. The Hall–Kier alpha value is -1.74. The molecule has 0 aliphatic carbocycles. The maximum absolute atomic E-state index is 11.2. The molecule has 0 radical (unpaired) electrons. The number of fused-ring (bicyclic) bond motifs is 3. The van der Waals surface area contributed by atoms with Crippen molar-refractivity contribution in [3.63, 3.8) is 0 Å². The molecule has 0 saturated heterocycles. The van der Waals surface area contributed by atoms with Crippen molar-refractivity contribution in [3.8, 4) is 0 Å². The van der Waals surface area contributed by atoms with Crippen molar-refractivity contribution in [2.24, 2.45) is 0 Å². The van der Waals surface area contributed by atoms with Crippen LogP contribution >= 0.6 is 11.6 Å². The summed E-state index contributed by atoms with van der Waals surface area (Å²) in [7, 11) is 0. The first kappa shape index (κ1) is 8.56. The van der Waals surface area contributed by atoms with Gasteiger partial charge in [-0.05, 0) is 18.2 Å². The highest BCUT2D eigenvalue weighted by molar-refractivity contribution is 6.31. The van der Waals surface area contributed by atoms with Gasteiger partial charge in [-0.1, -0.05) is 11.6 Å². The van der Waals surface area contributed by atoms with Gasteiger partial charge in [0, 0.05) is 33.6 Å². The van der Waals surface area contributed by atoms with Gasteiger partial charge >= 0.3 is 0 Å². The second-order valence-electron chi connectivity index (χ2n) is 3.44. The Morgan fingerprint density at radius 1 is 1.07 bits per heavy atom. The standard InChI is InChI=1S/C11H7ClN2O/c12-6-1-2-9-7(3-6)8-4-11(15)13-5-10(8)14-9/h1-5,14H,(H,13,15). The number of nitrogens with one attached hydrogen (secondary N) is 2. The summed E-state index contributed by atoms with van der Waals surface area (Å²) in [6.45, 7) is 0. The predicted molar refractivity (Wildman–Crippen MR) is 61.4 cm³/mol. The van der Waals surface area contributed by atoms with E-state index >= 15 is 0 Å². The highest BCUT2D eigenvalue weighted by atomic mass is 35.5. The molecule has 0 aliphatic heterocycles. The SMILES string of the molecule is O=c1cc2c(c[nH]1)[nH]c1ccc(Cl)cc12. The van der Waals surface area contributed by atoms with Crippen molar-refractivity contribution in [3.05, 3.63) is 45.8 Å². The molecule has 0 amide bonds. The first-order valence-corrected chi connectivity index (χ1v) is 4.91. The van der Waals surface area contributed by atoms with Crippen LogP contribution < -0.4 is 5.56 Å². The Bertz CT molecular complexity index is 711. The van der Waals surface area contributed by atoms with Gasteiger partial charge in [0.15, 0.2) is 0 Å². The minimum atomic E-state index is -0.108. The number of benzene rings is 1. The molecule has 0 atom stereocenters. The fourth-order valence-corrected chi connectivity index (χ4v) is 1.96. The van der Waals surface area contributed by atoms with Crippen LogP contribution in [-0.2, 0) is 0 Å². The number of aromatic amines is 2. The van der Waals surface area contributed by atoms with Crippen molar-refractivity contribution in [2.45, 2.75) is 0 Å². The van der Waals surface area contributed by atoms with E-state index in [1.165, 1.54) is 0 Å². The normalized spacial score (nSPS) is 11.3. The Balaban J connectivity index is 2.60. The van der Waals surface area contributed by atoms with Gasteiger partial charge in [-0.3, -0.25) is 4.79 Å². The molecule has 3 aromatic rings. The predicted octanol–water partition coefficient (Wildman–Crippen LogP) is 2.66. The largest absolute Gasteiger partial charge is 0.353 e. The Kier molecular flexibility index (Phi) is 1.64. The molecule has 0 spiro atoms. The molecule has 2 N–H and O–H groups in total. The lowest BCUT2D eigenvalue weighted by Crippen LogP contribution is -2.00. The van der Waals surface area contributed by atoms with Gasteiger partial charge in [0.1, 0.15) is 0 Å². The highest BCUT2D eigenvalue weighted by Crippen LogP contribution is 2.26. The van der Waals surface area contributed by atoms with Crippen LogP contribution in [0.2, 0.25) is 5.02 Å². The molecule has 2 aromatic heterocycles. The maximum Gasteiger partial charge on any atom is 0.248 e. The average molecular weight is 219 g/mol. The number of rotatable bonds is 0. The Labute approximate surface area is 89.7 Å². The summed E-state index contributed by atoms with van der Waals surface area (Å²) < 4.78 is 0. The molecule has 2 heterocycles. The number of pyridine rings is 1. The third-order valence-electron chi connectivity index (χ3n) is 2.47. The first-order valence-electron chi connectivity index (χ1n) is 4.54. The van der Waals surface area contributed by atoms with Crippen molar-refractivity contribution in [1.82, 2.24) is 9.97 Å². The monoisotopic (exact) mass is 218 g/mol. The number of aromatic nitrogens is 2. The van der Waals surface area contributed by atoms with E-state index in [2.05, 4.69) is 9.97 Å². The molecule has 74 valence electrons. The van der Waals surface area contributed by atoms with Crippen molar-refractivity contribution in [1.29, 1.82) is 0 Å². The smallest absolute Gasteiger partial charge is 0.248 e. The number of halogens is 1. The minimum absolute atomic E-state index is 0.108. The van der Waals surface area contributed by atoms with Crippen LogP contribution in [0, 0.1) is 0 Å². The lowest BCUT2D eigenvalue weighted by Gasteiger charge is -1.91. The van der Waals surface area contributed by atoms with Crippen LogP contribution in [0.15, 0.2) is 35.3 Å². The van der Waals surface area contributed by atoms with Gasteiger partial charge in [0.05, 0.1) is 5.52 Å². The number of hydrogen-bond donors (Lipinski definition) is 2. The maximum atomic E-state index is 11.2. The van der Waals surface area contributed by atoms with E-state index in [4.69, 9.17) is 11.6 Å². The van der Waals surface area contributed by atoms with Gasteiger partial charge in [0.25, 0.3) is 0 Å². The fraction of sp³-hybridized carbons (Fsp3) is 0. The molecule has 1 aromatic carbocycles. The highest BCUT2D eigenvalue weighted by Gasteiger charge is 2.04. The second-order valence-corrected chi connectivity index (χ2v) is 3.88. The zero-order chi connectivity index (χ0) is 10.4. The van der Waals surface area contributed by atoms with Crippen molar-refractivity contribution < 1.29 is 0 Å². The Morgan fingerprint density at radius 2 is 1.87 bits per heavy atom. The van der Waals surface area contributed by atoms with Gasteiger partial charge in [0.2, 0.25) is 5.56 Å². The summed E-state index contributed by atoms with van der Waals surface area (Å²) in [6, 6.07) is 7.16. The molecule has 0 unspecified atom stereocenters. The average Bonchev–Trinajstić information content (AvgIpc) is 2.56. The molecule has 3 rings (SSSR count). The summed E-state index contributed by atoms with van der Waals surface area (Å²) in [6.07, 6.45) is 1.67. The molecule has 15 heavy (non-hydrogen) atoms. The summed E-state index contributed by atoms with van der Waals surface area (Å²) in [5.74, 6) is 0. The van der Waals surface area contributed by atoms with E-state index in [0.29, 0.717) is 5.02 Å². The minimum Gasteiger partial charge on any atom is -0.353 e. The van der Waals surface area contributed by atoms with Crippen molar-refractivity contribution in [2.75, 3.05) is 0 Å². The molecule has 4 heteroatoms. The summed E-state index contributed by atoms with van der Waals surface area (Å²) >= 11 is 5.92. The van der Waals surface area contributed by atoms with Crippen LogP contribution in [-0.4, -0.2) is 9.97 Å². The van der Waals surface area contributed by atoms with E-state index in [1.54, 1.807) is 12.3 Å². The van der Waals surface area contributed by atoms with Crippen molar-refractivity contribution >= 4 is 33.4 Å². The summed E-state index contributed by atoms with van der Waals surface area (Å²) in [5, 5.41) is 2.54. The van der Waals surface area contributed by atoms with Crippen LogP contribution in [0.1, 0.15) is 0 Å². The molecule has 0 fully saturated rings. The lowest BCUT2D eigenvalue weighted by molar-refractivity contribution is 1.26. The first-order chi connectivity index (χ1) is 7.24. The van der Waals surface area contributed by atoms with Gasteiger partial charge in [-0.2, -0.15) is 0 Å². The zero-order valence-corrected chi connectivity index (χ0v) is 8.43. The molecule has 3 nitrogen and oxygen atoms in total. The second kappa shape index (κ2) is 2.87. The fourth-order valence-electron chi connectivity index (χ4n) is 1.79. The molecule has 0 aliphatic rings. The van der Waals surface area contributed by atoms with Gasteiger partial charge in [-0.15, -0.1) is 0 Å². The molecular formula is C11H7ClN2O.